The van der Waals surface area contributed by atoms with E-state index in [0.29, 0.717) is 13.2 Å². The predicted molar refractivity (Wildman–Crippen MR) is 86.0 cm³/mol. The number of hydrogen-bond donors (Lipinski definition) is 1. The third-order valence-corrected chi connectivity index (χ3v) is 3.93. The van der Waals surface area contributed by atoms with Gasteiger partial charge in [0.1, 0.15) is 11.3 Å². The minimum atomic E-state index is -4.48. The lowest BCUT2D eigenvalue weighted by molar-refractivity contribution is -0.137. The number of rotatable bonds is 5. The van der Waals surface area contributed by atoms with Crippen LogP contribution in [-0.2, 0) is 18.0 Å². The molecule has 0 spiro atoms. The van der Waals surface area contributed by atoms with E-state index in [-0.39, 0.29) is 23.3 Å². The Kier molecular flexibility index (Phi) is 5.17. The Hall–Kier alpha value is -2.55. The first-order valence-electron chi connectivity index (χ1n) is 8.11. The van der Waals surface area contributed by atoms with Crippen molar-refractivity contribution in [2.75, 3.05) is 13.2 Å². The van der Waals surface area contributed by atoms with E-state index in [2.05, 4.69) is 10.4 Å². The molecule has 1 fully saturated rings. The molecular weight excluding hydrogens is 351 g/mol. The monoisotopic (exact) mass is 369 g/mol. The quantitative estimate of drug-likeness (QED) is 0.879. The van der Waals surface area contributed by atoms with E-state index in [4.69, 9.17) is 9.47 Å². The summed E-state index contributed by atoms with van der Waals surface area (Å²) in [6.45, 7) is 1.04. The van der Waals surface area contributed by atoms with Gasteiger partial charge in [-0.3, -0.25) is 9.48 Å². The van der Waals surface area contributed by atoms with Crippen molar-refractivity contribution in [1.82, 2.24) is 15.1 Å². The maximum absolute atomic E-state index is 12.8. The fourth-order valence-corrected chi connectivity index (χ4v) is 2.65. The van der Waals surface area contributed by atoms with Crippen LogP contribution in [0.25, 0.3) is 0 Å². The Balaban J connectivity index is 1.73. The molecule has 1 aromatic carbocycles. The summed E-state index contributed by atoms with van der Waals surface area (Å²) >= 11 is 0. The van der Waals surface area contributed by atoms with Crippen LogP contribution in [0.4, 0.5) is 13.2 Å². The van der Waals surface area contributed by atoms with Crippen molar-refractivity contribution in [3.8, 4) is 11.6 Å². The average molecular weight is 369 g/mol. The minimum absolute atomic E-state index is 0.0246. The lowest BCUT2D eigenvalue weighted by Gasteiger charge is -2.11. The number of alkyl halides is 3. The Morgan fingerprint density at radius 2 is 2.27 bits per heavy atom. The van der Waals surface area contributed by atoms with Crippen molar-refractivity contribution in [3.63, 3.8) is 0 Å². The Morgan fingerprint density at radius 1 is 1.46 bits per heavy atom. The summed E-state index contributed by atoms with van der Waals surface area (Å²) in [4.78, 5) is 12.4. The molecule has 2 aromatic rings. The summed E-state index contributed by atoms with van der Waals surface area (Å²) in [6.07, 6.45) is -1.22. The van der Waals surface area contributed by atoms with Gasteiger partial charge in [0.05, 0.1) is 11.7 Å². The molecule has 1 amide bonds. The third kappa shape index (κ3) is 4.34. The number of carbonyl (C=O) groups excluding carboxylic acids is 1. The molecule has 1 unspecified atom stereocenters. The maximum atomic E-state index is 12.8. The smallest absolute Gasteiger partial charge is 0.416 e. The molecule has 1 aliphatic heterocycles. The van der Waals surface area contributed by atoms with Gasteiger partial charge in [-0.1, -0.05) is 6.07 Å². The molecule has 2 heterocycles. The van der Waals surface area contributed by atoms with E-state index in [1.807, 2.05) is 0 Å². The minimum Gasteiger partial charge on any atom is -0.437 e. The van der Waals surface area contributed by atoms with Crippen molar-refractivity contribution in [1.29, 1.82) is 0 Å². The van der Waals surface area contributed by atoms with Gasteiger partial charge >= 0.3 is 6.18 Å². The van der Waals surface area contributed by atoms with Crippen LogP contribution < -0.4 is 10.1 Å². The molecule has 3 rings (SSSR count). The number of nitrogens with one attached hydrogen (secondary N) is 1. The number of amides is 1. The molecule has 6 nitrogen and oxygen atoms in total. The molecule has 1 N–H and O–H groups in total. The zero-order chi connectivity index (χ0) is 18.7. The van der Waals surface area contributed by atoms with Gasteiger partial charge in [0.2, 0.25) is 0 Å². The fraction of sp³-hybridized carbons (Fsp3) is 0.412. The number of benzene rings is 1. The van der Waals surface area contributed by atoms with Crippen LogP contribution in [0.15, 0.2) is 30.5 Å². The lowest BCUT2D eigenvalue weighted by atomic mass is 10.2. The summed E-state index contributed by atoms with van der Waals surface area (Å²) in [6, 6.07) is 4.42. The van der Waals surface area contributed by atoms with Gasteiger partial charge < -0.3 is 14.8 Å². The van der Waals surface area contributed by atoms with E-state index in [0.717, 1.165) is 25.0 Å². The standard InChI is InChI=1S/C17H18F3N3O3/c1-23-10-14(15(24)21-9-13-6-3-7-25-13)16(22-23)26-12-5-2-4-11(8-12)17(18,19)20/h2,4-5,8,10,13H,3,6-7,9H2,1H3,(H,21,24). The van der Waals surface area contributed by atoms with E-state index in [1.54, 1.807) is 7.05 Å². The summed E-state index contributed by atoms with van der Waals surface area (Å²) in [5.41, 5.74) is -0.696. The van der Waals surface area contributed by atoms with Gasteiger partial charge in [-0.15, -0.1) is 5.10 Å². The van der Waals surface area contributed by atoms with Gasteiger partial charge in [0.15, 0.2) is 0 Å². The van der Waals surface area contributed by atoms with Crippen molar-refractivity contribution < 1.29 is 27.4 Å². The molecular formula is C17H18F3N3O3. The molecule has 26 heavy (non-hydrogen) atoms. The number of carbonyl (C=O) groups is 1. The second kappa shape index (κ2) is 7.36. The Labute approximate surface area is 147 Å². The second-order valence-electron chi connectivity index (χ2n) is 5.99. The van der Waals surface area contributed by atoms with Gasteiger partial charge in [0, 0.05) is 26.4 Å². The summed E-state index contributed by atoms with van der Waals surface area (Å²) in [5, 5.41) is 6.76. The second-order valence-corrected chi connectivity index (χ2v) is 5.99. The molecule has 0 bridgehead atoms. The summed E-state index contributed by atoms with van der Waals surface area (Å²) in [7, 11) is 1.59. The van der Waals surface area contributed by atoms with Crippen LogP contribution in [0, 0.1) is 0 Å². The highest BCUT2D eigenvalue weighted by atomic mass is 19.4. The average Bonchev–Trinajstić information content (AvgIpc) is 3.22. The summed E-state index contributed by atoms with van der Waals surface area (Å²) < 4.78 is 50.7. The van der Waals surface area contributed by atoms with Crippen LogP contribution in [0.3, 0.4) is 0 Å². The van der Waals surface area contributed by atoms with E-state index in [1.165, 1.54) is 23.0 Å². The van der Waals surface area contributed by atoms with Crippen molar-refractivity contribution in [2.45, 2.75) is 25.1 Å². The van der Waals surface area contributed by atoms with Crippen molar-refractivity contribution >= 4 is 5.91 Å². The normalized spacial score (nSPS) is 17.3. The van der Waals surface area contributed by atoms with Crippen molar-refractivity contribution in [3.05, 3.63) is 41.6 Å². The first-order valence-corrected chi connectivity index (χ1v) is 8.11. The number of halogens is 3. The lowest BCUT2D eigenvalue weighted by Crippen LogP contribution is -2.31. The first kappa shape index (κ1) is 18.2. The zero-order valence-corrected chi connectivity index (χ0v) is 14.0. The van der Waals surface area contributed by atoms with Gasteiger partial charge in [0.25, 0.3) is 11.8 Å². The molecule has 0 radical (unpaired) electrons. The van der Waals surface area contributed by atoms with Crippen LogP contribution >= 0.6 is 0 Å². The molecule has 0 aliphatic carbocycles. The van der Waals surface area contributed by atoms with Crippen molar-refractivity contribution in [2.24, 2.45) is 7.05 Å². The van der Waals surface area contributed by atoms with E-state index < -0.39 is 17.6 Å². The fourth-order valence-electron chi connectivity index (χ4n) is 2.65. The Morgan fingerprint density at radius 3 is 2.96 bits per heavy atom. The number of aromatic nitrogens is 2. The van der Waals surface area contributed by atoms with E-state index >= 15 is 0 Å². The van der Waals surface area contributed by atoms with Crippen LogP contribution in [-0.4, -0.2) is 34.9 Å². The third-order valence-electron chi connectivity index (χ3n) is 3.93. The predicted octanol–water partition coefficient (Wildman–Crippen LogP) is 3.14. The van der Waals surface area contributed by atoms with Gasteiger partial charge in [-0.25, -0.2) is 0 Å². The summed E-state index contributed by atoms with van der Waals surface area (Å²) in [5.74, 6) is -0.529. The highest BCUT2D eigenvalue weighted by molar-refractivity contribution is 5.96. The molecule has 9 heteroatoms. The first-order chi connectivity index (χ1) is 12.3. The molecule has 1 atom stereocenters. The number of aryl methyl sites for hydroxylation is 1. The largest absolute Gasteiger partial charge is 0.437 e. The Bertz CT molecular complexity index is 783. The molecule has 140 valence electrons. The number of hydrogen-bond acceptors (Lipinski definition) is 4. The van der Waals surface area contributed by atoms with Crippen LogP contribution in [0.1, 0.15) is 28.8 Å². The maximum Gasteiger partial charge on any atom is 0.416 e. The van der Waals surface area contributed by atoms with Gasteiger partial charge in [-0.05, 0) is 31.0 Å². The molecule has 0 saturated carbocycles. The van der Waals surface area contributed by atoms with Crippen LogP contribution in [0.2, 0.25) is 0 Å². The highest BCUT2D eigenvalue weighted by Crippen LogP contribution is 2.33. The molecule has 1 aromatic heterocycles. The topological polar surface area (TPSA) is 65.4 Å². The van der Waals surface area contributed by atoms with E-state index in [9.17, 15) is 18.0 Å². The molecule has 1 saturated heterocycles. The molecule has 1 aliphatic rings. The van der Waals surface area contributed by atoms with Gasteiger partial charge in [-0.2, -0.15) is 13.2 Å². The highest BCUT2D eigenvalue weighted by Gasteiger charge is 2.31. The SMILES string of the molecule is Cn1cc(C(=O)NCC2CCCO2)c(Oc2cccc(C(F)(F)F)c2)n1. The van der Waals surface area contributed by atoms with Crippen LogP contribution in [0.5, 0.6) is 11.6 Å². The number of ether oxygens (including phenoxy) is 2. The number of nitrogens with zero attached hydrogens (tertiary/aromatic N) is 2. The zero-order valence-electron chi connectivity index (χ0n) is 14.0.